The fourth-order valence-corrected chi connectivity index (χ4v) is 5.04. The van der Waals surface area contributed by atoms with E-state index in [1.807, 2.05) is 37.4 Å². The van der Waals surface area contributed by atoms with Crippen molar-refractivity contribution >= 4 is 34.8 Å². The van der Waals surface area contributed by atoms with Gasteiger partial charge in [0.1, 0.15) is 12.5 Å². The summed E-state index contributed by atoms with van der Waals surface area (Å²) in [7, 11) is 1.65. The summed E-state index contributed by atoms with van der Waals surface area (Å²) in [5.41, 5.74) is 2.99. The summed E-state index contributed by atoms with van der Waals surface area (Å²) in [6, 6.07) is 14.9. The third kappa shape index (κ3) is 5.69. The van der Waals surface area contributed by atoms with Crippen LogP contribution in [0.2, 0.25) is 0 Å². The lowest BCUT2D eigenvalue weighted by Gasteiger charge is -2.35. The Morgan fingerprint density at radius 3 is 2.46 bits per heavy atom. The molecule has 0 N–H and O–H groups in total. The molecule has 194 valence electrons. The molecule has 2 aliphatic heterocycles. The molecule has 8 heteroatoms. The molecule has 1 atom stereocenters. The van der Waals surface area contributed by atoms with Gasteiger partial charge in [-0.15, -0.1) is 0 Å². The number of aryl methyl sites for hydroxylation is 1. The van der Waals surface area contributed by atoms with Crippen molar-refractivity contribution in [3.8, 4) is 11.5 Å². The van der Waals surface area contributed by atoms with Gasteiger partial charge in [-0.25, -0.2) is 4.39 Å². The number of piperazine rings is 1. The van der Waals surface area contributed by atoms with Crippen LogP contribution in [0.5, 0.6) is 11.5 Å². The van der Waals surface area contributed by atoms with Crippen molar-refractivity contribution in [1.29, 1.82) is 0 Å². The maximum absolute atomic E-state index is 13.2. The molecule has 0 aliphatic carbocycles. The molecule has 0 bridgehead atoms. The largest absolute Gasteiger partial charge is 0.493 e. The molecule has 2 aliphatic rings. The second kappa shape index (κ2) is 11.2. The van der Waals surface area contributed by atoms with Crippen LogP contribution in [0.4, 0.5) is 15.8 Å². The van der Waals surface area contributed by atoms with Gasteiger partial charge >= 0.3 is 0 Å². The summed E-state index contributed by atoms with van der Waals surface area (Å²) in [5.74, 6) is 1.17. The zero-order chi connectivity index (χ0) is 25.8. The summed E-state index contributed by atoms with van der Waals surface area (Å²) in [6.07, 6.45) is 4.76. The van der Waals surface area contributed by atoms with Gasteiger partial charge in [0.25, 0.3) is 0 Å². The average Bonchev–Trinajstić information content (AvgIpc) is 3.39. The first-order chi connectivity index (χ1) is 18.0. The molecule has 2 fully saturated rings. The van der Waals surface area contributed by atoms with E-state index in [1.165, 1.54) is 12.1 Å². The zero-order valence-corrected chi connectivity index (χ0v) is 21.4. The van der Waals surface area contributed by atoms with Crippen LogP contribution in [-0.4, -0.2) is 75.0 Å². The van der Waals surface area contributed by atoms with Crippen molar-refractivity contribution < 1.29 is 18.7 Å². The number of aliphatic imine (C=N–C) groups is 1. The number of benzene rings is 3. The highest BCUT2D eigenvalue weighted by Gasteiger charge is 2.21. The number of carbonyl (C=O) groups is 1. The van der Waals surface area contributed by atoms with E-state index in [2.05, 4.69) is 21.9 Å². The fourth-order valence-electron chi connectivity index (χ4n) is 5.04. The van der Waals surface area contributed by atoms with Crippen LogP contribution in [-0.2, 0) is 4.79 Å². The monoisotopic (exact) mass is 504 g/mol. The topological polar surface area (TPSA) is 57.6 Å². The highest BCUT2D eigenvalue weighted by Crippen LogP contribution is 2.36. The van der Waals surface area contributed by atoms with Crippen LogP contribution in [0.3, 0.4) is 0 Å². The quantitative estimate of drug-likeness (QED) is 0.327. The average molecular weight is 505 g/mol. The SMILES string of the molecule is COc1cc2cc(C)c(N=CC3CCCN3C=O)cc2cc1OCN1CCN(c2ccc(F)cc2)CC1. The predicted octanol–water partition coefficient (Wildman–Crippen LogP) is 4.78. The van der Waals surface area contributed by atoms with Gasteiger partial charge in [-0.2, -0.15) is 0 Å². The maximum Gasteiger partial charge on any atom is 0.210 e. The number of methoxy groups -OCH3 is 1. The standard InChI is InChI=1S/C29H33FN4O3/c1-21-14-22-16-28(36-2)29(17-23(22)15-27(21)31-18-26-4-3-9-34(26)19-35)37-20-32-10-12-33(13-11-32)25-7-5-24(30)6-8-25/h5-8,14-19,26H,3-4,9-13,20H2,1-2H3. The van der Waals surface area contributed by atoms with Crippen molar-refractivity contribution in [3.05, 3.63) is 59.9 Å². The molecule has 0 radical (unpaired) electrons. The highest BCUT2D eigenvalue weighted by molar-refractivity contribution is 5.90. The number of hydrogen-bond acceptors (Lipinski definition) is 6. The van der Waals surface area contributed by atoms with Crippen molar-refractivity contribution in [3.63, 3.8) is 0 Å². The maximum atomic E-state index is 13.2. The van der Waals surface area contributed by atoms with Gasteiger partial charge in [0, 0.05) is 44.6 Å². The molecule has 1 unspecified atom stereocenters. The van der Waals surface area contributed by atoms with Gasteiger partial charge in [-0.3, -0.25) is 14.7 Å². The lowest BCUT2D eigenvalue weighted by molar-refractivity contribution is -0.117. The van der Waals surface area contributed by atoms with Crippen molar-refractivity contribution in [2.75, 3.05) is 51.5 Å². The van der Waals surface area contributed by atoms with E-state index in [1.54, 1.807) is 12.0 Å². The van der Waals surface area contributed by atoms with E-state index in [0.29, 0.717) is 18.2 Å². The number of anilines is 1. The van der Waals surface area contributed by atoms with E-state index in [-0.39, 0.29) is 11.9 Å². The van der Waals surface area contributed by atoms with Crippen molar-refractivity contribution in [2.24, 2.45) is 4.99 Å². The highest BCUT2D eigenvalue weighted by atomic mass is 19.1. The van der Waals surface area contributed by atoms with Gasteiger partial charge in [0.15, 0.2) is 11.5 Å². The van der Waals surface area contributed by atoms with Gasteiger partial charge in [-0.05, 0) is 84.6 Å². The zero-order valence-electron chi connectivity index (χ0n) is 21.4. The van der Waals surface area contributed by atoms with Crippen LogP contribution in [0.1, 0.15) is 18.4 Å². The molecule has 3 aromatic rings. The van der Waals surface area contributed by atoms with Crippen LogP contribution in [0.25, 0.3) is 10.8 Å². The van der Waals surface area contributed by atoms with Gasteiger partial charge < -0.3 is 19.3 Å². The molecule has 3 aromatic carbocycles. The molecule has 1 amide bonds. The second-order valence-corrected chi connectivity index (χ2v) is 9.67. The molecule has 0 aromatic heterocycles. The third-order valence-corrected chi connectivity index (χ3v) is 7.27. The van der Waals surface area contributed by atoms with Crippen LogP contribution in [0, 0.1) is 12.7 Å². The number of ether oxygens (including phenoxy) is 2. The Bertz CT molecular complexity index is 1270. The summed E-state index contributed by atoms with van der Waals surface area (Å²) in [5, 5.41) is 2.08. The number of halogens is 1. The summed E-state index contributed by atoms with van der Waals surface area (Å²) in [6.45, 7) is 6.70. The lowest BCUT2D eigenvalue weighted by Crippen LogP contribution is -2.47. The minimum Gasteiger partial charge on any atom is -0.493 e. The fraction of sp³-hybridized carbons (Fsp3) is 0.379. The Morgan fingerprint density at radius 1 is 1.00 bits per heavy atom. The summed E-state index contributed by atoms with van der Waals surface area (Å²) >= 11 is 0. The first kappa shape index (κ1) is 25.0. The molecule has 37 heavy (non-hydrogen) atoms. The minimum atomic E-state index is -0.215. The van der Waals surface area contributed by atoms with Gasteiger partial charge in [0.05, 0.1) is 18.8 Å². The number of hydrogen-bond donors (Lipinski definition) is 0. The Hall–Kier alpha value is -3.65. The Morgan fingerprint density at radius 2 is 1.73 bits per heavy atom. The first-order valence-electron chi connectivity index (χ1n) is 12.8. The van der Waals surface area contributed by atoms with E-state index in [9.17, 15) is 9.18 Å². The predicted molar refractivity (Wildman–Crippen MR) is 145 cm³/mol. The van der Waals surface area contributed by atoms with Crippen molar-refractivity contribution in [2.45, 2.75) is 25.8 Å². The smallest absolute Gasteiger partial charge is 0.210 e. The van der Waals surface area contributed by atoms with E-state index >= 15 is 0 Å². The molecule has 0 saturated carbocycles. The Balaban J connectivity index is 1.26. The Labute approximate surface area is 217 Å². The first-order valence-corrected chi connectivity index (χ1v) is 12.8. The van der Waals surface area contributed by atoms with Crippen LogP contribution >= 0.6 is 0 Å². The molecule has 2 saturated heterocycles. The van der Waals surface area contributed by atoms with E-state index < -0.39 is 0 Å². The Kier molecular flexibility index (Phi) is 7.55. The third-order valence-electron chi connectivity index (χ3n) is 7.27. The van der Waals surface area contributed by atoms with E-state index in [4.69, 9.17) is 14.5 Å². The van der Waals surface area contributed by atoms with E-state index in [0.717, 1.165) is 79.7 Å². The number of amides is 1. The lowest BCUT2D eigenvalue weighted by atomic mass is 10.0. The minimum absolute atomic E-state index is 0.0610. The molecular formula is C29H33FN4O3. The molecule has 0 spiro atoms. The second-order valence-electron chi connectivity index (χ2n) is 9.67. The molecule has 7 nitrogen and oxygen atoms in total. The van der Waals surface area contributed by atoms with Crippen molar-refractivity contribution in [1.82, 2.24) is 9.80 Å². The van der Waals surface area contributed by atoms with Gasteiger partial charge in [-0.1, -0.05) is 0 Å². The van der Waals surface area contributed by atoms with Crippen LogP contribution in [0.15, 0.2) is 53.5 Å². The normalized spacial score (nSPS) is 18.6. The molecule has 5 rings (SSSR count). The number of fused-ring (bicyclic) bond motifs is 1. The van der Waals surface area contributed by atoms with Crippen LogP contribution < -0.4 is 14.4 Å². The summed E-state index contributed by atoms with van der Waals surface area (Å²) < 4.78 is 25.1. The molecular weight excluding hydrogens is 471 g/mol. The number of nitrogens with zero attached hydrogens (tertiary/aromatic N) is 4. The summed E-state index contributed by atoms with van der Waals surface area (Å²) in [4.78, 5) is 22.3. The number of likely N-dealkylation sites (tertiary alicyclic amines) is 1. The molecule has 2 heterocycles. The van der Waals surface area contributed by atoms with Gasteiger partial charge in [0.2, 0.25) is 6.41 Å². The number of rotatable bonds is 8. The number of carbonyl (C=O) groups excluding carboxylic acids is 1.